The molecule has 5 rings (SSSR count). The van der Waals surface area contributed by atoms with Crippen LogP contribution in [0.1, 0.15) is 30.2 Å². The summed E-state index contributed by atoms with van der Waals surface area (Å²) in [5.74, 6) is 0.749. The second-order valence-corrected chi connectivity index (χ2v) is 9.08. The fourth-order valence-corrected chi connectivity index (χ4v) is 4.87. The summed E-state index contributed by atoms with van der Waals surface area (Å²) in [5.41, 5.74) is 3.73. The first-order chi connectivity index (χ1) is 17.0. The van der Waals surface area contributed by atoms with Crippen molar-refractivity contribution >= 4 is 27.5 Å². The van der Waals surface area contributed by atoms with E-state index in [4.69, 9.17) is 4.74 Å². The Balaban J connectivity index is 1.15. The Morgan fingerprint density at radius 3 is 2.83 bits per heavy atom. The van der Waals surface area contributed by atoms with E-state index in [-0.39, 0.29) is 10.6 Å². The Bertz CT molecular complexity index is 1350. The number of hydrogen-bond donors (Lipinski definition) is 3. The maximum Gasteiger partial charge on any atom is 0.270 e. The highest BCUT2D eigenvalue weighted by atomic mass is 16.6. The minimum Gasteiger partial charge on any atom is -0.497 e. The number of aliphatic hydroxyl groups excluding tert-OH is 1. The van der Waals surface area contributed by atoms with E-state index in [0.717, 1.165) is 64.7 Å². The maximum atomic E-state index is 11.0. The number of nitro benzene ring substituents is 1. The number of rotatable bonds is 8. The van der Waals surface area contributed by atoms with Crippen LogP contribution in [0.2, 0.25) is 0 Å². The second kappa shape index (κ2) is 9.99. The third-order valence-corrected chi connectivity index (χ3v) is 6.81. The van der Waals surface area contributed by atoms with E-state index in [1.165, 1.54) is 6.07 Å². The van der Waals surface area contributed by atoms with Crippen LogP contribution in [0.5, 0.6) is 5.75 Å². The molecule has 9 nitrogen and oxygen atoms in total. The lowest BCUT2D eigenvalue weighted by molar-refractivity contribution is -0.384. The molecule has 0 radical (unpaired) electrons. The normalized spacial score (nSPS) is 16.1. The van der Waals surface area contributed by atoms with Gasteiger partial charge in [-0.05, 0) is 67.9 Å². The van der Waals surface area contributed by atoms with Crippen molar-refractivity contribution in [3.63, 3.8) is 0 Å². The summed E-state index contributed by atoms with van der Waals surface area (Å²) in [7, 11) is 1.63. The van der Waals surface area contributed by atoms with Gasteiger partial charge in [0, 0.05) is 59.4 Å². The number of ether oxygens (including phenoxy) is 1. The Labute approximate surface area is 202 Å². The highest BCUT2D eigenvalue weighted by Gasteiger charge is 2.22. The number of β-amino-alcohol motifs (C(OH)–C–C–N with tert-alkyl or cyclic N) is 1. The summed E-state index contributed by atoms with van der Waals surface area (Å²) in [6.45, 7) is 3.06. The maximum absolute atomic E-state index is 11.0. The number of aromatic amines is 1. The van der Waals surface area contributed by atoms with Crippen molar-refractivity contribution in [1.82, 2.24) is 20.2 Å². The van der Waals surface area contributed by atoms with Crippen LogP contribution in [-0.4, -0.2) is 57.7 Å². The van der Waals surface area contributed by atoms with Crippen molar-refractivity contribution in [3.8, 4) is 5.75 Å². The van der Waals surface area contributed by atoms with Gasteiger partial charge in [-0.1, -0.05) is 0 Å². The molecule has 4 aromatic rings. The minimum atomic E-state index is -0.604. The van der Waals surface area contributed by atoms with Gasteiger partial charge in [-0.3, -0.25) is 15.1 Å². The molecule has 0 aliphatic carbocycles. The standard InChI is InChI=1S/C26H29N5O4/c1-35-21-3-5-25-23(14-21)22(6-9-27-25)26(32)16-30-10-7-18(8-11-30)28-15-19-12-17-13-20(31(33)34)2-4-24(17)29-19/h2-6,9,12-14,18,26,28-29,32H,7-8,10-11,15-16H2,1H3/t26-/m0/s1. The molecule has 2 aromatic carbocycles. The molecule has 182 valence electrons. The summed E-state index contributed by atoms with van der Waals surface area (Å²) in [6, 6.07) is 14.8. The van der Waals surface area contributed by atoms with E-state index < -0.39 is 6.10 Å². The Kier molecular flexibility index (Phi) is 6.63. The highest BCUT2D eigenvalue weighted by Crippen LogP contribution is 2.28. The molecule has 1 fully saturated rings. The van der Waals surface area contributed by atoms with Gasteiger partial charge in [0.1, 0.15) is 5.75 Å². The molecule has 9 heteroatoms. The molecule has 0 unspecified atom stereocenters. The summed E-state index contributed by atoms with van der Waals surface area (Å²) in [5, 5.41) is 27.4. The van der Waals surface area contributed by atoms with Crippen molar-refractivity contribution in [1.29, 1.82) is 0 Å². The van der Waals surface area contributed by atoms with E-state index in [1.807, 2.05) is 30.3 Å². The van der Waals surface area contributed by atoms with E-state index in [9.17, 15) is 15.2 Å². The minimum absolute atomic E-state index is 0.101. The zero-order valence-corrected chi connectivity index (χ0v) is 19.6. The molecule has 1 aliphatic rings. The summed E-state index contributed by atoms with van der Waals surface area (Å²) in [4.78, 5) is 20.7. The average molecular weight is 476 g/mol. The van der Waals surface area contributed by atoms with Crippen LogP contribution < -0.4 is 10.1 Å². The number of aromatic nitrogens is 2. The zero-order chi connectivity index (χ0) is 24.4. The number of piperidine rings is 1. The zero-order valence-electron chi connectivity index (χ0n) is 19.6. The number of nitrogens with one attached hydrogen (secondary N) is 2. The average Bonchev–Trinajstić information content (AvgIpc) is 3.29. The van der Waals surface area contributed by atoms with Gasteiger partial charge in [0.25, 0.3) is 5.69 Å². The van der Waals surface area contributed by atoms with Crippen LogP contribution in [0.25, 0.3) is 21.8 Å². The molecule has 2 aromatic heterocycles. The van der Waals surface area contributed by atoms with E-state index in [1.54, 1.807) is 25.4 Å². The van der Waals surface area contributed by atoms with Crippen LogP contribution >= 0.6 is 0 Å². The van der Waals surface area contributed by atoms with Gasteiger partial charge < -0.3 is 25.0 Å². The number of aliphatic hydroxyl groups is 1. The molecular weight excluding hydrogens is 446 g/mol. The molecule has 35 heavy (non-hydrogen) atoms. The Morgan fingerprint density at radius 1 is 1.23 bits per heavy atom. The molecule has 3 N–H and O–H groups in total. The quantitative estimate of drug-likeness (QED) is 0.261. The number of likely N-dealkylation sites (tertiary alicyclic amines) is 1. The number of fused-ring (bicyclic) bond motifs is 2. The third kappa shape index (κ3) is 5.12. The van der Waals surface area contributed by atoms with Crippen molar-refractivity contribution in [3.05, 3.63) is 76.1 Å². The van der Waals surface area contributed by atoms with Crippen LogP contribution in [0.4, 0.5) is 5.69 Å². The van der Waals surface area contributed by atoms with Gasteiger partial charge >= 0.3 is 0 Å². The lowest BCUT2D eigenvalue weighted by Crippen LogP contribution is -2.43. The van der Waals surface area contributed by atoms with E-state index in [0.29, 0.717) is 19.1 Å². The molecule has 1 atom stereocenters. The Morgan fingerprint density at radius 2 is 2.06 bits per heavy atom. The van der Waals surface area contributed by atoms with Crippen LogP contribution in [0, 0.1) is 10.1 Å². The molecule has 0 amide bonds. The summed E-state index contributed by atoms with van der Waals surface area (Å²) < 4.78 is 5.35. The van der Waals surface area contributed by atoms with Crippen molar-refractivity contribution in [2.75, 3.05) is 26.7 Å². The largest absolute Gasteiger partial charge is 0.497 e. The number of methoxy groups -OCH3 is 1. The topological polar surface area (TPSA) is 117 Å². The van der Waals surface area contributed by atoms with Gasteiger partial charge in [-0.25, -0.2) is 0 Å². The van der Waals surface area contributed by atoms with Gasteiger partial charge in [0.2, 0.25) is 0 Å². The third-order valence-electron chi connectivity index (χ3n) is 6.81. The number of H-pyrrole nitrogens is 1. The second-order valence-electron chi connectivity index (χ2n) is 9.08. The lowest BCUT2D eigenvalue weighted by atomic mass is 10.0. The SMILES string of the molecule is COc1ccc2nccc([C@@H](O)CN3CCC(NCc4cc5cc([N+](=O)[O-])ccc5[nH]4)CC3)c2c1. The van der Waals surface area contributed by atoms with Crippen LogP contribution in [0.3, 0.4) is 0 Å². The fraction of sp³-hybridized carbons (Fsp3) is 0.346. The summed E-state index contributed by atoms with van der Waals surface area (Å²) >= 11 is 0. The molecule has 1 saturated heterocycles. The predicted octanol–water partition coefficient (Wildman–Crippen LogP) is 3.92. The fourth-order valence-electron chi connectivity index (χ4n) is 4.87. The van der Waals surface area contributed by atoms with Crippen LogP contribution in [-0.2, 0) is 6.54 Å². The number of nitrogens with zero attached hydrogens (tertiary/aromatic N) is 3. The number of benzene rings is 2. The molecular formula is C26H29N5O4. The van der Waals surface area contributed by atoms with E-state index >= 15 is 0 Å². The van der Waals surface area contributed by atoms with Gasteiger partial charge in [0.05, 0.1) is 23.7 Å². The molecule has 3 heterocycles. The van der Waals surface area contributed by atoms with Crippen molar-refractivity contribution in [2.45, 2.75) is 31.5 Å². The smallest absolute Gasteiger partial charge is 0.270 e. The number of hydrogen-bond acceptors (Lipinski definition) is 7. The van der Waals surface area contributed by atoms with E-state index in [2.05, 4.69) is 20.2 Å². The first-order valence-corrected chi connectivity index (χ1v) is 11.8. The van der Waals surface area contributed by atoms with Gasteiger partial charge in [-0.15, -0.1) is 0 Å². The molecule has 0 saturated carbocycles. The predicted molar refractivity (Wildman–Crippen MR) is 135 cm³/mol. The van der Waals surface area contributed by atoms with Crippen LogP contribution in [0.15, 0.2) is 54.7 Å². The highest BCUT2D eigenvalue weighted by molar-refractivity contribution is 5.84. The molecule has 0 spiro atoms. The van der Waals surface area contributed by atoms with Crippen molar-refractivity contribution < 1.29 is 14.8 Å². The first kappa shape index (κ1) is 23.2. The Hall–Kier alpha value is -3.53. The van der Waals surface area contributed by atoms with Gasteiger partial charge in [0.15, 0.2) is 0 Å². The lowest BCUT2D eigenvalue weighted by Gasteiger charge is -2.33. The first-order valence-electron chi connectivity index (χ1n) is 11.8. The van der Waals surface area contributed by atoms with Gasteiger partial charge in [-0.2, -0.15) is 0 Å². The van der Waals surface area contributed by atoms with Crippen molar-refractivity contribution in [2.24, 2.45) is 0 Å². The monoisotopic (exact) mass is 475 g/mol. The molecule has 1 aliphatic heterocycles. The number of non-ortho nitro benzene ring substituents is 1. The summed E-state index contributed by atoms with van der Waals surface area (Å²) in [6.07, 6.45) is 3.12. The number of nitro groups is 1. The number of pyridine rings is 1. The molecule has 0 bridgehead atoms.